The Morgan fingerprint density at radius 1 is 1.62 bits per heavy atom. The normalized spacial score (nSPS) is 22.3. The van der Waals surface area contributed by atoms with E-state index in [0.29, 0.717) is 0 Å². The number of rotatable bonds is 4. The SMILES string of the molecule is c1cc(CNCC2CCOC2)cs1. The molecule has 1 unspecified atom stereocenters. The molecule has 0 amide bonds. The monoisotopic (exact) mass is 197 g/mol. The van der Waals surface area contributed by atoms with Gasteiger partial charge in [0, 0.05) is 19.7 Å². The van der Waals surface area contributed by atoms with Gasteiger partial charge in [-0.2, -0.15) is 11.3 Å². The van der Waals surface area contributed by atoms with Crippen LogP contribution in [0.3, 0.4) is 0 Å². The second kappa shape index (κ2) is 4.74. The van der Waals surface area contributed by atoms with Gasteiger partial charge in [0.1, 0.15) is 0 Å². The Labute approximate surface area is 82.9 Å². The molecule has 0 radical (unpaired) electrons. The summed E-state index contributed by atoms with van der Waals surface area (Å²) in [7, 11) is 0. The molecule has 0 aliphatic carbocycles. The fourth-order valence-corrected chi connectivity index (χ4v) is 2.23. The summed E-state index contributed by atoms with van der Waals surface area (Å²) < 4.78 is 5.31. The highest BCUT2D eigenvalue weighted by Crippen LogP contribution is 2.11. The quantitative estimate of drug-likeness (QED) is 0.795. The van der Waals surface area contributed by atoms with Crippen LogP contribution in [0.2, 0.25) is 0 Å². The molecule has 1 atom stereocenters. The summed E-state index contributed by atoms with van der Waals surface area (Å²) in [4.78, 5) is 0. The van der Waals surface area contributed by atoms with Crippen molar-refractivity contribution in [3.63, 3.8) is 0 Å². The van der Waals surface area contributed by atoms with Crippen molar-refractivity contribution in [1.29, 1.82) is 0 Å². The molecular weight excluding hydrogens is 182 g/mol. The largest absolute Gasteiger partial charge is 0.381 e. The molecule has 1 saturated heterocycles. The molecule has 3 heteroatoms. The predicted molar refractivity (Wildman–Crippen MR) is 55.0 cm³/mol. The van der Waals surface area contributed by atoms with Gasteiger partial charge in [-0.05, 0) is 34.7 Å². The van der Waals surface area contributed by atoms with Crippen LogP contribution in [-0.4, -0.2) is 19.8 Å². The van der Waals surface area contributed by atoms with Crippen molar-refractivity contribution in [1.82, 2.24) is 5.32 Å². The number of hydrogen-bond acceptors (Lipinski definition) is 3. The van der Waals surface area contributed by atoms with Gasteiger partial charge in [-0.3, -0.25) is 0 Å². The van der Waals surface area contributed by atoms with Crippen LogP contribution in [0, 0.1) is 5.92 Å². The average Bonchev–Trinajstić information content (AvgIpc) is 2.75. The van der Waals surface area contributed by atoms with Crippen molar-refractivity contribution in [3.8, 4) is 0 Å². The van der Waals surface area contributed by atoms with Gasteiger partial charge >= 0.3 is 0 Å². The van der Waals surface area contributed by atoms with E-state index in [9.17, 15) is 0 Å². The van der Waals surface area contributed by atoms with E-state index < -0.39 is 0 Å². The van der Waals surface area contributed by atoms with Crippen LogP contribution in [0.1, 0.15) is 12.0 Å². The highest BCUT2D eigenvalue weighted by Gasteiger charge is 2.14. The lowest BCUT2D eigenvalue weighted by molar-refractivity contribution is 0.185. The van der Waals surface area contributed by atoms with Gasteiger partial charge < -0.3 is 10.1 Å². The Kier molecular flexibility index (Phi) is 3.35. The molecule has 1 aliphatic rings. The van der Waals surface area contributed by atoms with Gasteiger partial charge in [0.15, 0.2) is 0 Å². The van der Waals surface area contributed by atoms with E-state index in [2.05, 4.69) is 22.1 Å². The molecule has 1 fully saturated rings. The molecule has 1 aliphatic heterocycles. The van der Waals surface area contributed by atoms with E-state index in [1.165, 1.54) is 12.0 Å². The van der Waals surface area contributed by atoms with Gasteiger partial charge in [0.2, 0.25) is 0 Å². The van der Waals surface area contributed by atoms with Crippen molar-refractivity contribution >= 4 is 11.3 Å². The Balaban J connectivity index is 1.63. The van der Waals surface area contributed by atoms with Gasteiger partial charge in [-0.15, -0.1) is 0 Å². The number of hydrogen-bond donors (Lipinski definition) is 1. The van der Waals surface area contributed by atoms with Crippen LogP contribution < -0.4 is 5.32 Å². The van der Waals surface area contributed by atoms with Gasteiger partial charge in [0.25, 0.3) is 0 Å². The van der Waals surface area contributed by atoms with Crippen LogP contribution in [0.15, 0.2) is 16.8 Å². The Bertz CT molecular complexity index is 229. The fourth-order valence-electron chi connectivity index (χ4n) is 1.56. The summed E-state index contributed by atoms with van der Waals surface area (Å²) in [5.41, 5.74) is 1.39. The Hall–Kier alpha value is -0.380. The zero-order valence-electron chi connectivity index (χ0n) is 7.66. The van der Waals surface area contributed by atoms with E-state index in [0.717, 1.165) is 32.2 Å². The zero-order chi connectivity index (χ0) is 8.93. The van der Waals surface area contributed by atoms with Crippen LogP contribution in [0.25, 0.3) is 0 Å². The lowest BCUT2D eigenvalue weighted by atomic mass is 10.1. The molecule has 1 N–H and O–H groups in total. The third kappa shape index (κ3) is 2.79. The molecule has 0 saturated carbocycles. The highest BCUT2D eigenvalue weighted by atomic mass is 32.1. The van der Waals surface area contributed by atoms with Crippen LogP contribution in [0.5, 0.6) is 0 Å². The number of ether oxygens (including phenoxy) is 1. The molecule has 2 heterocycles. The molecule has 0 spiro atoms. The minimum Gasteiger partial charge on any atom is -0.381 e. The maximum Gasteiger partial charge on any atom is 0.0507 e. The molecular formula is C10H15NOS. The average molecular weight is 197 g/mol. The van der Waals surface area contributed by atoms with Crippen molar-refractivity contribution in [2.75, 3.05) is 19.8 Å². The van der Waals surface area contributed by atoms with Crippen molar-refractivity contribution in [2.24, 2.45) is 5.92 Å². The third-order valence-corrected chi connectivity index (χ3v) is 3.10. The zero-order valence-corrected chi connectivity index (χ0v) is 8.48. The molecule has 72 valence electrons. The Morgan fingerprint density at radius 3 is 3.31 bits per heavy atom. The smallest absolute Gasteiger partial charge is 0.0507 e. The van der Waals surface area contributed by atoms with E-state index in [-0.39, 0.29) is 0 Å². The van der Waals surface area contributed by atoms with E-state index in [4.69, 9.17) is 4.74 Å². The third-order valence-electron chi connectivity index (χ3n) is 2.37. The van der Waals surface area contributed by atoms with E-state index >= 15 is 0 Å². The summed E-state index contributed by atoms with van der Waals surface area (Å²) in [5, 5.41) is 7.77. The van der Waals surface area contributed by atoms with Crippen LogP contribution in [-0.2, 0) is 11.3 Å². The summed E-state index contributed by atoms with van der Waals surface area (Å²) in [6, 6.07) is 2.17. The minimum absolute atomic E-state index is 0.735. The summed E-state index contributed by atoms with van der Waals surface area (Å²) in [6.45, 7) is 3.98. The van der Waals surface area contributed by atoms with Gasteiger partial charge in [-0.1, -0.05) is 0 Å². The first-order chi connectivity index (χ1) is 6.45. The summed E-state index contributed by atoms with van der Waals surface area (Å²) >= 11 is 1.76. The minimum atomic E-state index is 0.735. The lowest BCUT2D eigenvalue weighted by Crippen LogP contribution is -2.22. The van der Waals surface area contributed by atoms with Crippen LogP contribution >= 0.6 is 11.3 Å². The summed E-state index contributed by atoms with van der Waals surface area (Å²) in [6.07, 6.45) is 1.22. The van der Waals surface area contributed by atoms with E-state index in [1.807, 2.05) is 0 Å². The van der Waals surface area contributed by atoms with Gasteiger partial charge in [-0.25, -0.2) is 0 Å². The fraction of sp³-hybridized carbons (Fsp3) is 0.600. The summed E-state index contributed by atoms with van der Waals surface area (Å²) in [5.74, 6) is 0.735. The Morgan fingerprint density at radius 2 is 2.62 bits per heavy atom. The second-order valence-corrected chi connectivity index (χ2v) is 4.27. The first-order valence-corrected chi connectivity index (χ1v) is 5.69. The molecule has 1 aromatic heterocycles. The number of thiophene rings is 1. The van der Waals surface area contributed by atoms with Crippen molar-refractivity contribution in [3.05, 3.63) is 22.4 Å². The predicted octanol–water partition coefficient (Wildman–Crippen LogP) is 1.87. The molecule has 0 bridgehead atoms. The topological polar surface area (TPSA) is 21.3 Å². The number of nitrogens with one attached hydrogen (secondary N) is 1. The van der Waals surface area contributed by atoms with Crippen molar-refractivity contribution in [2.45, 2.75) is 13.0 Å². The van der Waals surface area contributed by atoms with E-state index in [1.54, 1.807) is 11.3 Å². The molecule has 13 heavy (non-hydrogen) atoms. The van der Waals surface area contributed by atoms with Crippen molar-refractivity contribution < 1.29 is 4.74 Å². The molecule has 2 rings (SSSR count). The van der Waals surface area contributed by atoms with Gasteiger partial charge in [0.05, 0.1) is 6.61 Å². The maximum absolute atomic E-state index is 5.31. The van der Waals surface area contributed by atoms with Crippen LogP contribution in [0.4, 0.5) is 0 Å². The highest BCUT2D eigenvalue weighted by molar-refractivity contribution is 7.07. The molecule has 1 aromatic rings. The standard InChI is InChI=1S/C10H15NOS/c1-3-12-7-9(1)5-11-6-10-2-4-13-8-10/h2,4,8-9,11H,1,3,5-7H2. The second-order valence-electron chi connectivity index (χ2n) is 3.49. The maximum atomic E-state index is 5.31. The molecule has 0 aromatic carbocycles. The lowest BCUT2D eigenvalue weighted by Gasteiger charge is -2.07. The first kappa shape index (κ1) is 9.19. The molecule has 2 nitrogen and oxygen atoms in total. The first-order valence-electron chi connectivity index (χ1n) is 4.74.